The van der Waals surface area contributed by atoms with Gasteiger partial charge in [0, 0.05) is 12.5 Å². The zero-order valence-electron chi connectivity index (χ0n) is 10.5. The van der Waals surface area contributed by atoms with Gasteiger partial charge < -0.3 is 5.32 Å². The van der Waals surface area contributed by atoms with E-state index in [0.717, 1.165) is 12.2 Å². The van der Waals surface area contributed by atoms with Crippen molar-refractivity contribution in [2.75, 3.05) is 7.05 Å². The molecule has 0 atom stereocenters. The summed E-state index contributed by atoms with van der Waals surface area (Å²) in [7, 11) is 1.96. The lowest BCUT2D eigenvalue weighted by atomic mass is 10.1. The van der Waals surface area contributed by atoms with E-state index < -0.39 is 0 Å². The molecule has 0 spiro atoms. The topological polar surface area (TPSA) is 24.9 Å². The molecular formula is C14H18N2S. The maximum Gasteiger partial charge on any atom is 0.0960 e. The highest BCUT2D eigenvalue weighted by Crippen LogP contribution is 2.33. The van der Waals surface area contributed by atoms with Gasteiger partial charge in [-0.25, -0.2) is 4.98 Å². The molecule has 1 N–H and O–H groups in total. The first-order valence-electron chi connectivity index (χ1n) is 5.92. The molecule has 2 rings (SSSR count). The Morgan fingerprint density at radius 1 is 1.24 bits per heavy atom. The summed E-state index contributed by atoms with van der Waals surface area (Å²) in [5, 5.41) is 4.41. The minimum Gasteiger partial charge on any atom is -0.314 e. The predicted octanol–water partition coefficient (Wildman–Crippen LogP) is 3.65. The summed E-state index contributed by atoms with van der Waals surface area (Å²) in [6.45, 7) is 5.21. The number of nitrogens with zero attached hydrogens (tertiary/aromatic N) is 1. The molecule has 90 valence electrons. The summed E-state index contributed by atoms with van der Waals surface area (Å²) in [6, 6.07) is 10.5. The van der Waals surface area contributed by atoms with Gasteiger partial charge in [0.2, 0.25) is 0 Å². The predicted molar refractivity (Wildman–Crippen MR) is 74.4 cm³/mol. The van der Waals surface area contributed by atoms with E-state index in [1.54, 1.807) is 0 Å². The Hall–Kier alpha value is -1.19. The van der Waals surface area contributed by atoms with E-state index in [4.69, 9.17) is 4.98 Å². The zero-order chi connectivity index (χ0) is 12.3. The summed E-state index contributed by atoms with van der Waals surface area (Å²) in [4.78, 5) is 6.03. The first kappa shape index (κ1) is 12.3. The highest BCUT2D eigenvalue weighted by molar-refractivity contribution is 7.15. The molecule has 0 radical (unpaired) electrons. The zero-order valence-corrected chi connectivity index (χ0v) is 11.3. The standard InChI is InChI=1S/C14H18N2S/c1-10(2)14-16-12(9-15-3)13(17-14)11-7-5-4-6-8-11/h4-8,10,15H,9H2,1-3H3. The van der Waals surface area contributed by atoms with E-state index in [9.17, 15) is 0 Å². The van der Waals surface area contributed by atoms with Crippen LogP contribution in [0.15, 0.2) is 30.3 Å². The van der Waals surface area contributed by atoms with E-state index in [2.05, 4.69) is 43.4 Å². The van der Waals surface area contributed by atoms with Gasteiger partial charge in [-0.3, -0.25) is 0 Å². The van der Waals surface area contributed by atoms with Gasteiger partial charge in [0.25, 0.3) is 0 Å². The van der Waals surface area contributed by atoms with Crippen LogP contribution < -0.4 is 5.32 Å². The van der Waals surface area contributed by atoms with Gasteiger partial charge >= 0.3 is 0 Å². The van der Waals surface area contributed by atoms with Crippen molar-refractivity contribution in [3.05, 3.63) is 41.0 Å². The molecule has 0 amide bonds. The smallest absolute Gasteiger partial charge is 0.0960 e. The van der Waals surface area contributed by atoms with Crippen LogP contribution in [0.25, 0.3) is 10.4 Å². The second-order valence-electron chi connectivity index (χ2n) is 4.38. The van der Waals surface area contributed by atoms with Crippen LogP contribution in [-0.2, 0) is 6.54 Å². The van der Waals surface area contributed by atoms with Gasteiger partial charge in [-0.1, -0.05) is 44.2 Å². The summed E-state index contributed by atoms with van der Waals surface area (Å²) in [6.07, 6.45) is 0. The van der Waals surface area contributed by atoms with Crippen molar-refractivity contribution in [1.29, 1.82) is 0 Å². The average molecular weight is 246 g/mol. The average Bonchev–Trinajstić information content (AvgIpc) is 2.75. The molecular weight excluding hydrogens is 228 g/mol. The van der Waals surface area contributed by atoms with Crippen LogP contribution in [0.4, 0.5) is 0 Å². The lowest BCUT2D eigenvalue weighted by Crippen LogP contribution is -2.06. The molecule has 0 unspecified atom stereocenters. The quantitative estimate of drug-likeness (QED) is 0.890. The van der Waals surface area contributed by atoms with Crippen molar-refractivity contribution < 1.29 is 0 Å². The number of hydrogen-bond acceptors (Lipinski definition) is 3. The number of nitrogens with one attached hydrogen (secondary N) is 1. The molecule has 1 aromatic heterocycles. The largest absolute Gasteiger partial charge is 0.314 e. The van der Waals surface area contributed by atoms with E-state index in [0.29, 0.717) is 5.92 Å². The molecule has 0 saturated carbocycles. The van der Waals surface area contributed by atoms with E-state index >= 15 is 0 Å². The normalized spacial score (nSPS) is 11.1. The van der Waals surface area contributed by atoms with Crippen LogP contribution in [0.5, 0.6) is 0 Å². The summed E-state index contributed by atoms with van der Waals surface area (Å²) in [5.41, 5.74) is 2.43. The van der Waals surface area contributed by atoms with Crippen molar-refractivity contribution in [3.8, 4) is 10.4 Å². The summed E-state index contributed by atoms with van der Waals surface area (Å²) in [5.74, 6) is 0.494. The minimum atomic E-state index is 0.494. The lowest BCUT2D eigenvalue weighted by Gasteiger charge is -2.00. The molecule has 3 heteroatoms. The van der Waals surface area contributed by atoms with Crippen molar-refractivity contribution in [2.45, 2.75) is 26.3 Å². The first-order chi connectivity index (χ1) is 8.22. The number of rotatable bonds is 4. The molecule has 0 aliphatic rings. The third kappa shape index (κ3) is 2.73. The molecule has 0 fully saturated rings. The maximum absolute atomic E-state index is 4.73. The minimum absolute atomic E-state index is 0.494. The van der Waals surface area contributed by atoms with Crippen LogP contribution in [-0.4, -0.2) is 12.0 Å². The molecule has 2 aromatic rings. The van der Waals surface area contributed by atoms with E-state index in [1.807, 2.05) is 24.5 Å². The Morgan fingerprint density at radius 2 is 1.94 bits per heavy atom. The van der Waals surface area contributed by atoms with Crippen LogP contribution in [0.2, 0.25) is 0 Å². The fourth-order valence-electron chi connectivity index (χ4n) is 1.72. The SMILES string of the molecule is CNCc1nc(C(C)C)sc1-c1ccccc1. The number of benzene rings is 1. The molecule has 1 heterocycles. The third-order valence-corrected chi connectivity index (χ3v) is 4.04. The van der Waals surface area contributed by atoms with Crippen molar-refractivity contribution >= 4 is 11.3 Å². The third-order valence-electron chi connectivity index (χ3n) is 2.59. The van der Waals surface area contributed by atoms with Crippen LogP contribution >= 0.6 is 11.3 Å². The lowest BCUT2D eigenvalue weighted by molar-refractivity contribution is 0.777. The second kappa shape index (κ2) is 5.43. The molecule has 2 nitrogen and oxygen atoms in total. The summed E-state index contributed by atoms with van der Waals surface area (Å²) < 4.78 is 0. The Morgan fingerprint density at radius 3 is 2.53 bits per heavy atom. The molecule has 0 saturated heterocycles. The van der Waals surface area contributed by atoms with Gasteiger partial charge in [0.1, 0.15) is 0 Å². The van der Waals surface area contributed by atoms with Gasteiger partial charge in [-0.15, -0.1) is 11.3 Å². The molecule has 17 heavy (non-hydrogen) atoms. The van der Waals surface area contributed by atoms with Crippen molar-refractivity contribution in [2.24, 2.45) is 0 Å². The van der Waals surface area contributed by atoms with Crippen LogP contribution in [0.1, 0.15) is 30.5 Å². The number of thiazole rings is 1. The van der Waals surface area contributed by atoms with Crippen molar-refractivity contribution in [1.82, 2.24) is 10.3 Å². The highest BCUT2D eigenvalue weighted by atomic mass is 32.1. The fraction of sp³-hybridized carbons (Fsp3) is 0.357. The van der Waals surface area contributed by atoms with Gasteiger partial charge in [-0.2, -0.15) is 0 Å². The molecule has 0 aliphatic heterocycles. The van der Waals surface area contributed by atoms with Crippen molar-refractivity contribution in [3.63, 3.8) is 0 Å². The van der Waals surface area contributed by atoms with Gasteiger partial charge in [-0.05, 0) is 12.6 Å². The van der Waals surface area contributed by atoms with E-state index in [-0.39, 0.29) is 0 Å². The number of aromatic nitrogens is 1. The van der Waals surface area contributed by atoms with E-state index in [1.165, 1.54) is 15.4 Å². The monoisotopic (exact) mass is 246 g/mol. The molecule has 1 aromatic carbocycles. The second-order valence-corrected chi connectivity index (χ2v) is 5.41. The van der Waals surface area contributed by atoms with Crippen LogP contribution in [0, 0.1) is 0 Å². The Labute approximate surface area is 107 Å². The van der Waals surface area contributed by atoms with Crippen LogP contribution in [0.3, 0.4) is 0 Å². The molecule has 0 aliphatic carbocycles. The van der Waals surface area contributed by atoms with Gasteiger partial charge in [0.15, 0.2) is 0 Å². The summed E-state index contributed by atoms with van der Waals surface area (Å²) >= 11 is 1.81. The fourth-order valence-corrected chi connectivity index (χ4v) is 2.81. The maximum atomic E-state index is 4.73. The van der Waals surface area contributed by atoms with Gasteiger partial charge in [0.05, 0.1) is 15.6 Å². The number of hydrogen-bond donors (Lipinski definition) is 1. The molecule has 0 bridgehead atoms. The Kier molecular flexibility index (Phi) is 3.92. The Balaban J connectivity index is 2.44. The first-order valence-corrected chi connectivity index (χ1v) is 6.73. The highest BCUT2D eigenvalue weighted by Gasteiger charge is 2.13. The Bertz CT molecular complexity index is 474.